The Bertz CT molecular complexity index is 523. The van der Waals surface area contributed by atoms with E-state index in [9.17, 15) is 9.59 Å². The van der Waals surface area contributed by atoms with Gasteiger partial charge in [0.2, 0.25) is 0 Å². The zero-order valence-corrected chi connectivity index (χ0v) is 13.5. The first kappa shape index (κ1) is 15.9. The molecule has 1 aromatic carbocycles. The molecule has 1 aliphatic rings. The minimum Gasteiger partial charge on any atom is -0.397 e. The lowest BCUT2D eigenvalue weighted by molar-refractivity contribution is 0.0443. The molecule has 21 heavy (non-hydrogen) atoms. The number of rotatable bonds is 8. The molecule has 0 atom stereocenters. The van der Waals surface area contributed by atoms with Crippen LogP contribution >= 0.6 is 0 Å². The van der Waals surface area contributed by atoms with E-state index in [0.717, 1.165) is 24.4 Å². The highest BCUT2D eigenvalue weighted by Gasteiger charge is 2.29. The maximum absolute atomic E-state index is 11.5. The summed E-state index contributed by atoms with van der Waals surface area (Å²) in [6.07, 6.45) is 1.77. The number of hydrogen-bond donors (Lipinski definition) is 0. The van der Waals surface area contributed by atoms with E-state index in [1.807, 2.05) is 19.9 Å². The summed E-state index contributed by atoms with van der Waals surface area (Å²) in [7, 11) is -1.56. The largest absolute Gasteiger partial charge is 0.397 e. The monoisotopic (exact) mass is 308 g/mol. The van der Waals surface area contributed by atoms with E-state index in [-0.39, 0.29) is 0 Å². The third kappa shape index (κ3) is 4.00. The van der Waals surface area contributed by atoms with Crippen molar-refractivity contribution < 1.29 is 23.2 Å². The molecule has 1 aromatic rings. The van der Waals surface area contributed by atoms with Gasteiger partial charge in [0, 0.05) is 13.2 Å². The lowest BCUT2D eigenvalue weighted by atomic mass is 10.0. The molecule has 0 amide bonds. The van der Waals surface area contributed by atoms with E-state index in [0.29, 0.717) is 24.3 Å². The van der Waals surface area contributed by atoms with Crippen LogP contribution in [0.5, 0.6) is 0 Å². The smallest absolute Gasteiger partial charge is 0.346 e. The molecule has 1 heterocycles. The van der Waals surface area contributed by atoms with Crippen molar-refractivity contribution in [1.82, 2.24) is 0 Å². The van der Waals surface area contributed by atoms with Crippen LogP contribution < -0.4 is 0 Å². The summed E-state index contributed by atoms with van der Waals surface area (Å²) in [5.41, 5.74) is 1.77. The predicted octanol–water partition coefficient (Wildman–Crippen LogP) is 2.22. The van der Waals surface area contributed by atoms with E-state index >= 15 is 0 Å². The Morgan fingerprint density at radius 2 is 1.71 bits per heavy atom. The van der Waals surface area contributed by atoms with Crippen LogP contribution in [-0.2, 0) is 20.0 Å². The van der Waals surface area contributed by atoms with Gasteiger partial charge in [-0.25, -0.2) is 9.59 Å². The van der Waals surface area contributed by atoms with Gasteiger partial charge in [0.1, 0.15) is 0 Å². The molecule has 5 nitrogen and oxygen atoms in total. The molecule has 1 aliphatic heterocycles. The van der Waals surface area contributed by atoms with E-state index in [4.69, 9.17) is 8.85 Å². The molecule has 0 bridgehead atoms. The number of benzene rings is 1. The number of carbonyl (C=O) groups excluding carboxylic acids is 2. The minimum atomic E-state index is -1.56. The Morgan fingerprint density at radius 1 is 1.05 bits per heavy atom. The van der Waals surface area contributed by atoms with E-state index in [2.05, 4.69) is 4.74 Å². The molecule has 114 valence electrons. The molecule has 0 spiro atoms. The Hall–Kier alpha value is -1.50. The minimum absolute atomic E-state index is 0.361. The molecule has 0 unspecified atom stereocenters. The van der Waals surface area contributed by atoms with Gasteiger partial charge in [0.15, 0.2) is 0 Å². The molecule has 0 saturated heterocycles. The van der Waals surface area contributed by atoms with Crippen molar-refractivity contribution in [3.05, 3.63) is 34.9 Å². The first-order chi connectivity index (χ1) is 10.2. The highest BCUT2D eigenvalue weighted by Crippen LogP contribution is 2.22. The van der Waals surface area contributed by atoms with Gasteiger partial charge in [0.05, 0.1) is 11.1 Å². The number of carbonyl (C=O) groups is 2. The second kappa shape index (κ2) is 7.49. The third-order valence-electron chi connectivity index (χ3n) is 3.32. The van der Waals surface area contributed by atoms with Gasteiger partial charge in [0.25, 0.3) is 0 Å². The van der Waals surface area contributed by atoms with E-state index < -0.39 is 21.2 Å². The fourth-order valence-corrected chi connectivity index (χ4v) is 4.06. The number of hydrogen-bond acceptors (Lipinski definition) is 5. The summed E-state index contributed by atoms with van der Waals surface area (Å²) in [6, 6.07) is 6.22. The molecule has 0 aliphatic carbocycles. The lowest BCUT2D eigenvalue weighted by Crippen LogP contribution is -2.22. The van der Waals surface area contributed by atoms with Gasteiger partial charge >= 0.3 is 21.2 Å². The highest BCUT2D eigenvalue weighted by atomic mass is 28.3. The molecular weight excluding hydrogens is 288 g/mol. The average molecular weight is 308 g/mol. The van der Waals surface area contributed by atoms with Crippen molar-refractivity contribution in [3.8, 4) is 0 Å². The number of cyclic esters (lactones) is 2. The predicted molar refractivity (Wildman–Crippen MR) is 79.7 cm³/mol. The van der Waals surface area contributed by atoms with Crippen LogP contribution in [0.4, 0.5) is 0 Å². The maximum Gasteiger partial charge on any atom is 0.346 e. The molecule has 6 heteroatoms. The zero-order valence-electron chi connectivity index (χ0n) is 12.4. The van der Waals surface area contributed by atoms with Crippen LogP contribution in [0.1, 0.15) is 46.5 Å². The molecular formula is C15H20O5Si. The average Bonchev–Trinajstić information content (AvgIpc) is 2.74. The molecule has 0 radical (unpaired) electrons. The molecule has 0 fully saturated rings. The third-order valence-corrected chi connectivity index (χ3v) is 5.61. The Balaban J connectivity index is 1.91. The molecule has 2 rings (SSSR count). The van der Waals surface area contributed by atoms with Crippen molar-refractivity contribution in [2.24, 2.45) is 0 Å². The van der Waals surface area contributed by atoms with E-state index in [1.165, 1.54) is 0 Å². The number of ether oxygens (including phenoxy) is 1. The first-order valence-electron chi connectivity index (χ1n) is 7.28. The lowest BCUT2D eigenvalue weighted by Gasteiger charge is -2.14. The SMILES string of the molecule is CCO[SiH](CCCc1ccc2c(c1)C(=O)OC2=O)OCC. The number of esters is 2. The summed E-state index contributed by atoms with van der Waals surface area (Å²) in [5, 5.41) is 0. The van der Waals surface area contributed by atoms with Crippen LogP contribution in [0.25, 0.3) is 0 Å². The fourth-order valence-electron chi connectivity index (χ4n) is 2.35. The summed E-state index contributed by atoms with van der Waals surface area (Å²) in [5.74, 6) is -1.10. The Kier molecular flexibility index (Phi) is 5.66. The quantitative estimate of drug-likeness (QED) is 0.419. The van der Waals surface area contributed by atoms with Crippen molar-refractivity contribution in [1.29, 1.82) is 0 Å². The van der Waals surface area contributed by atoms with Crippen LogP contribution in [0.3, 0.4) is 0 Å². The number of fused-ring (bicyclic) bond motifs is 1. The van der Waals surface area contributed by atoms with Crippen molar-refractivity contribution >= 4 is 21.2 Å². The van der Waals surface area contributed by atoms with Gasteiger partial charge in [-0.05, 0) is 50.4 Å². The van der Waals surface area contributed by atoms with Gasteiger partial charge in [-0.3, -0.25) is 0 Å². The Morgan fingerprint density at radius 3 is 2.38 bits per heavy atom. The van der Waals surface area contributed by atoms with Gasteiger partial charge < -0.3 is 13.6 Å². The maximum atomic E-state index is 11.5. The van der Waals surface area contributed by atoms with Gasteiger partial charge in [-0.15, -0.1) is 0 Å². The van der Waals surface area contributed by atoms with Crippen LogP contribution in [0.15, 0.2) is 18.2 Å². The topological polar surface area (TPSA) is 61.8 Å². The highest BCUT2D eigenvalue weighted by molar-refractivity contribution is 6.44. The van der Waals surface area contributed by atoms with Crippen LogP contribution in [0, 0.1) is 0 Å². The van der Waals surface area contributed by atoms with Crippen LogP contribution in [-0.4, -0.2) is 34.4 Å². The second-order valence-electron chi connectivity index (χ2n) is 4.79. The normalized spacial score (nSPS) is 13.7. The second-order valence-corrected chi connectivity index (χ2v) is 6.89. The van der Waals surface area contributed by atoms with Gasteiger partial charge in [-0.1, -0.05) is 6.07 Å². The fraction of sp³-hybridized carbons (Fsp3) is 0.467. The molecule has 0 saturated carbocycles. The summed E-state index contributed by atoms with van der Waals surface area (Å²) in [4.78, 5) is 22.9. The first-order valence-corrected chi connectivity index (χ1v) is 9.04. The summed E-state index contributed by atoms with van der Waals surface area (Å²) >= 11 is 0. The Labute approximate surface area is 126 Å². The summed E-state index contributed by atoms with van der Waals surface area (Å²) in [6.45, 7) is 5.32. The molecule has 0 N–H and O–H groups in total. The van der Waals surface area contributed by atoms with Crippen molar-refractivity contribution in [2.75, 3.05) is 13.2 Å². The molecule has 0 aromatic heterocycles. The standard InChI is InChI=1S/C15H20O5Si/c1-3-18-21(19-4-2)9-5-6-11-7-8-12-13(10-11)15(17)20-14(12)16/h7-8,10,21H,3-6,9H2,1-2H3. The zero-order chi connectivity index (χ0) is 15.2. The van der Waals surface area contributed by atoms with E-state index in [1.54, 1.807) is 12.1 Å². The van der Waals surface area contributed by atoms with Gasteiger partial charge in [-0.2, -0.15) is 0 Å². The van der Waals surface area contributed by atoms with Crippen molar-refractivity contribution in [2.45, 2.75) is 32.7 Å². The van der Waals surface area contributed by atoms with Crippen molar-refractivity contribution in [3.63, 3.8) is 0 Å². The number of aryl methyl sites for hydroxylation is 1. The summed E-state index contributed by atoms with van der Waals surface area (Å²) < 4.78 is 15.8. The van der Waals surface area contributed by atoms with Crippen LogP contribution in [0.2, 0.25) is 6.04 Å².